The third-order valence-electron chi connectivity index (χ3n) is 2.97. The molecule has 1 aromatic carbocycles. The number of rotatable bonds is 3. The summed E-state index contributed by atoms with van der Waals surface area (Å²) in [5, 5.41) is 21.8. The van der Waals surface area contributed by atoms with Gasteiger partial charge in [0.05, 0.1) is 0 Å². The molecule has 1 fully saturated rings. The van der Waals surface area contributed by atoms with Crippen molar-refractivity contribution in [2.75, 3.05) is 7.05 Å². The molecule has 0 spiro atoms. The van der Waals surface area contributed by atoms with Crippen LogP contribution in [-0.2, 0) is 6.42 Å². The van der Waals surface area contributed by atoms with Crippen LogP contribution in [0.15, 0.2) is 18.2 Å². The number of phenolic OH excluding ortho intramolecular Hbond substituents is 2. The SMILES string of the molecule is CNC1(Cc2ccc(O)c(O)c2)CC1. The molecule has 0 bridgehead atoms. The number of benzene rings is 1. The van der Waals surface area contributed by atoms with Gasteiger partial charge in [0.25, 0.3) is 0 Å². The van der Waals surface area contributed by atoms with Crippen LogP contribution < -0.4 is 5.32 Å². The number of aromatic hydroxyl groups is 2. The van der Waals surface area contributed by atoms with E-state index in [0.29, 0.717) is 0 Å². The molecule has 0 heterocycles. The van der Waals surface area contributed by atoms with Crippen molar-refractivity contribution in [3.8, 4) is 11.5 Å². The first-order valence-electron chi connectivity index (χ1n) is 4.85. The van der Waals surface area contributed by atoms with Gasteiger partial charge in [-0.25, -0.2) is 0 Å². The maximum Gasteiger partial charge on any atom is 0.157 e. The van der Waals surface area contributed by atoms with Gasteiger partial charge in [-0.1, -0.05) is 6.07 Å². The molecule has 1 aromatic rings. The van der Waals surface area contributed by atoms with Gasteiger partial charge in [-0.3, -0.25) is 0 Å². The van der Waals surface area contributed by atoms with Crippen LogP contribution in [0, 0.1) is 0 Å². The molecule has 1 saturated carbocycles. The quantitative estimate of drug-likeness (QED) is 0.636. The molecule has 3 nitrogen and oxygen atoms in total. The van der Waals surface area contributed by atoms with E-state index in [1.54, 1.807) is 6.07 Å². The molecular formula is C11H15NO2. The minimum absolute atomic E-state index is 0.0330. The fraction of sp³-hybridized carbons (Fsp3) is 0.455. The van der Waals surface area contributed by atoms with Crippen molar-refractivity contribution in [1.29, 1.82) is 0 Å². The molecule has 1 aliphatic rings. The van der Waals surface area contributed by atoms with Gasteiger partial charge in [0, 0.05) is 5.54 Å². The van der Waals surface area contributed by atoms with Crippen LogP contribution in [-0.4, -0.2) is 22.8 Å². The van der Waals surface area contributed by atoms with Gasteiger partial charge in [-0.15, -0.1) is 0 Å². The predicted molar refractivity (Wildman–Crippen MR) is 54.5 cm³/mol. The first-order chi connectivity index (χ1) is 6.65. The number of hydrogen-bond acceptors (Lipinski definition) is 3. The van der Waals surface area contributed by atoms with Crippen LogP contribution in [0.3, 0.4) is 0 Å². The fourth-order valence-corrected chi connectivity index (χ4v) is 1.74. The van der Waals surface area contributed by atoms with E-state index < -0.39 is 0 Å². The molecule has 3 heteroatoms. The van der Waals surface area contributed by atoms with E-state index in [0.717, 1.165) is 12.0 Å². The summed E-state index contributed by atoms with van der Waals surface area (Å²) < 4.78 is 0. The Bertz CT molecular complexity index is 345. The summed E-state index contributed by atoms with van der Waals surface area (Å²) in [5.41, 5.74) is 1.30. The average molecular weight is 193 g/mol. The minimum Gasteiger partial charge on any atom is -0.504 e. The Morgan fingerprint density at radius 2 is 2.00 bits per heavy atom. The zero-order valence-corrected chi connectivity index (χ0v) is 8.25. The highest BCUT2D eigenvalue weighted by molar-refractivity contribution is 5.41. The lowest BCUT2D eigenvalue weighted by Crippen LogP contribution is -2.29. The zero-order chi connectivity index (χ0) is 10.2. The topological polar surface area (TPSA) is 52.5 Å². The highest BCUT2D eigenvalue weighted by atomic mass is 16.3. The summed E-state index contributed by atoms with van der Waals surface area (Å²) in [7, 11) is 1.97. The van der Waals surface area contributed by atoms with Crippen molar-refractivity contribution in [3.63, 3.8) is 0 Å². The second-order valence-corrected chi connectivity index (χ2v) is 4.03. The van der Waals surface area contributed by atoms with E-state index in [2.05, 4.69) is 5.32 Å². The number of phenols is 2. The molecule has 0 saturated heterocycles. The summed E-state index contributed by atoms with van der Waals surface area (Å²) in [6.07, 6.45) is 3.29. The molecule has 76 valence electrons. The average Bonchev–Trinajstić information content (AvgIpc) is 2.93. The summed E-state index contributed by atoms with van der Waals surface area (Å²) in [6, 6.07) is 5.02. The van der Waals surface area contributed by atoms with Crippen LogP contribution in [0.25, 0.3) is 0 Å². The number of nitrogens with one attached hydrogen (secondary N) is 1. The molecule has 0 radical (unpaired) electrons. The van der Waals surface area contributed by atoms with Crippen molar-refractivity contribution in [3.05, 3.63) is 23.8 Å². The smallest absolute Gasteiger partial charge is 0.157 e. The summed E-state index contributed by atoms with van der Waals surface area (Å²) >= 11 is 0. The van der Waals surface area contributed by atoms with E-state index in [4.69, 9.17) is 5.11 Å². The van der Waals surface area contributed by atoms with Crippen LogP contribution in [0.1, 0.15) is 18.4 Å². The molecule has 14 heavy (non-hydrogen) atoms. The molecule has 0 aliphatic heterocycles. The summed E-state index contributed by atoms with van der Waals surface area (Å²) in [5.74, 6) is -0.0857. The second-order valence-electron chi connectivity index (χ2n) is 4.03. The van der Waals surface area contributed by atoms with E-state index in [-0.39, 0.29) is 17.0 Å². The first kappa shape index (κ1) is 9.34. The van der Waals surface area contributed by atoms with E-state index in [1.807, 2.05) is 13.1 Å². The largest absolute Gasteiger partial charge is 0.504 e. The van der Waals surface area contributed by atoms with Crippen molar-refractivity contribution in [1.82, 2.24) is 5.32 Å². The van der Waals surface area contributed by atoms with Crippen molar-refractivity contribution in [2.45, 2.75) is 24.8 Å². The molecule has 3 N–H and O–H groups in total. The highest BCUT2D eigenvalue weighted by Crippen LogP contribution is 2.39. The minimum atomic E-state index is -0.0527. The van der Waals surface area contributed by atoms with Crippen molar-refractivity contribution in [2.24, 2.45) is 0 Å². The lowest BCUT2D eigenvalue weighted by molar-refractivity contribution is 0.402. The third-order valence-corrected chi connectivity index (χ3v) is 2.97. The maximum absolute atomic E-state index is 9.32. The number of hydrogen-bond donors (Lipinski definition) is 3. The lowest BCUT2D eigenvalue weighted by atomic mass is 10.0. The standard InChI is InChI=1S/C11H15NO2/c1-12-11(4-5-11)7-8-2-3-9(13)10(14)6-8/h2-3,6,12-14H,4-5,7H2,1H3. The Hall–Kier alpha value is -1.22. The van der Waals surface area contributed by atoms with Gasteiger partial charge >= 0.3 is 0 Å². The molecule has 2 rings (SSSR count). The Kier molecular flexibility index (Phi) is 2.11. The molecule has 0 aromatic heterocycles. The van der Waals surface area contributed by atoms with E-state index in [1.165, 1.54) is 18.9 Å². The van der Waals surface area contributed by atoms with Gasteiger partial charge in [-0.05, 0) is 44.0 Å². The lowest BCUT2D eigenvalue weighted by Gasteiger charge is -2.14. The summed E-state index contributed by atoms with van der Waals surface area (Å²) in [6.45, 7) is 0. The van der Waals surface area contributed by atoms with Gasteiger partial charge in [0.15, 0.2) is 11.5 Å². The van der Waals surface area contributed by atoms with Crippen LogP contribution >= 0.6 is 0 Å². The normalized spacial score (nSPS) is 18.1. The number of likely N-dealkylation sites (N-methyl/N-ethyl adjacent to an activating group) is 1. The van der Waals surface area contributed by atoms with Crippen LogP contribution in [0.5, 0.6) is 11.5 Å². The van der Waals surface area contributed by atoms with E-state index >= 15 is 0 Å². The van der Waals surface area contributed by atoms with Gasteiger partial charge in [0.2, 0.25) is 0 Å². The third kappa shape index (κ3) is 1.68. The van der Waals surface area contributed by atoms with Crippen molar-refractivity contribution >= 4 is 0 Å². The molecule has 0 amide bonds. The van der Waals surface area contributed by atoms with Crippen LogP contribution in [0.2, 0.25) is 0 Å². The Balaban J connectivity index is 2.14. The van der Waals surface area contributed by atoms with Crippen molar-refractivity contribution < 1.29 is 10.2 Å². The molecule has 0 unspecified atom stereocenters. The maximum atomic E-state index is 9.32. The first-order valence-corrected chi connectivity index (χ1v) is 4.85. The van der Waals surface area contributed by atoms with Gasteiger partial charge in [0.1, 0.15) is 0 Å². The van der Waals surface area contributed by atoms with Gasteiger partial charge < -0.3 is 15.5 Å². The predicted octanol–water partition coefficient (Wildman–Crippen LogP) is 1.39. The molecule has 0 atom stereocenters. The van der Waals surface area contributed by atoms with E-state index in [9.17, 15) is 5.11 Å². The Morgan fingerprint density at radius 1 is 1.29 bits per heavy atom. The Morgan fingerprint density at radius 3 is 2.50 bits per heavy atom. The second kappa shape index (κ2) is 3.17. The Labute approximate surface area is 83.4 Å². The summed E-state index contributed by atoms with van der Waals surface area (Å²) in [4.78, 5) is 0. The fourth-order valence-electron chi connectivity index (χ4n) is 1.74. The van der Waals surface area contributed by atoms with Crippen LogP contribution in [0.4, 0.5) is 0 Å². The zero-order valence-electron chi connectivity index (χ0n) is 8.25. The highest BCUT2D eigenvalue weighted by Gasteiger charge is 2.40. The van der Waals surface area contributed by atoms with Gasteiger partial charge in [-0.2, -0.15) is 0 Å². The monoisotopic (exact) mass is 193 g/mol. The molecule has 1 aliphatic carbocycles. The molecular weight excluding hydrogens is 178 g/mol.